The number of nitro benzene ring substituents is 1. The molecule has 3 aromatic carbocycles. The minimum atomic E-state index is -0.510. The van der Waals surface area contributed by atoms with E-state index in [2.05, 4.69) is 25.6 Å². The summed E-state index contributed by atoms with van der Waals surface area (Å²) in [4.78, 5) is 48.3. The smallest absolute Gasteiger partial charge is 0.276 e. The maximum Gasteiger partial charge on any atom is 0.276 e. The third-order valence-electron chi connectivity index (χ3n) is 5.94. The first kappa shape index (κ1) is 25.0. The molecule has 39 heavy (non-hydrogen) atoms. The zero-order chi connectivity index (χ0) is 27.4. The number of aromatic amines is 1. The molecule has 192 valence electrons. The number of para-hydroxylation sites is 1. The molecular formula is C29H22N6O4. The van der Waals surface area contributed by atoms with Gasteiger partial charge in [-0.15, -0.1) is 0 Å². The maximum atomic E-state index is 13.1. The molecule has 0 atom stereocenters. The van der Waals surface area contributed by atoms with Gasteiger partial charge in [-0.2, -0.15) is 0 Å². The van der Waals surface area contributed by atoms with Crippen LogP contribution in [0, 0.1) is 17.0 Å². The standard InChI is InChI=1S/C29H22N6O4/c1-18-11-13-21(31-26(36)14-12-19-7-5-6-10-25(19)35(38)39)15-23(18)29(37)32-22-16-24-28(30-17-22)34-27(33-24)20-8-3-2-4-9-20/h2-17H,1H3,(H,31,36)(H,32,37)(H,30,33,34)/b14-12+. The fourth-order valence-electron chi connectivity index (χ4n) is 3.98. The first-order valence-corrected chi connectivity index (χ1v) is 11.9. The number of anilines is 2. The molecule has 10 nitrogen and oxygen atoms in total. The van der Waals surface area contributed by atoms with Crippen molar-refractivity contribution in [3.05, 3.63) is 118 Å². The third-order valence-corrected chi connectivity index (χ3v) is 5.94. The molecule has 2 amide bonds. The van der Waals surface area contributed by atoms with Gasteiger partial charge >= 0.3 is 0 Å². The number of benzene rings is 3. The zero-order valence-electron chi connectivity index (χ0n) is 20.7. The topological polar surface area (TPSA) is 143 Å². The van der Waals surface area contributed by atoms with Gasteiger partial charge in [0.05, 0.1) is 22.4 Å². The van der Waals surface area contributed by atoms with Crippen molar-refractivity contribution < 1.29 is 14.5 Å². The average Bonchev–Trinajstić information content (AvgIpc) is 3.37. The number of hydrogen-bond donors (Lipinski definition) is 3. The molecule has 5 aromatic rings. The number of nitro groups is 1. The van der Waals surface area contributed by atoms with Crippen LogP contribution in [-0.2, 0) is 4.79 Å². The van der Waals surface area contributed by atoms with Crippen LogP contribution in [0.2, 0.25) is 0 Å². The van der Waals surface area contributed by atoms with E-state index in [9.17, 15) is 19.7 Å². The predicted molar refractivity (Wildman–Crippen MR) is 149 cm³/mol. The molecule has 10 heteroatoms. The second-order valence-electron chi connectivity index (χ2n) is 8.67. The number of hydrogen-bond acceptors (Lipinski definition) is 6. The summed E-state index contributed by atoms with van der Waals surface area (Å²) in [7, 11) is 0. The van der Waals surface area contributed by atoms with Crippen LogP contribution in [0.15, 0.2) is 91.1 Å². The number of fused-ring (bicyclic) bond motifs is 1. The number of aromatic nitrogens is 3. The Balaban J connectivity index is 1.30. The lowest BCUT2D eigenvalue weighted by molar-refractivity contribution is -0.385. The summed E-state index contributed by atoms with van der Waals surface area (Å²) in [5.41, 5.74) is 4.28. The van der Waals surface area contributed by atoms with E-state index < -0.39 is 10.8 Å². The van der Waals surface area contributed by atoms with E-state index >= 15 is 0 Å². The van der Waals surface area contributed by atoms with Crippen molar-refractivity contribution in [2.75, 3.05) is 10.6 Å². The molecule has 0 spiro atoms. The van der Waals surface area contributed by atoms with Gasteiger partial charge < -0.3 is 15.6 Å². The second kappa shape index (κ2) is 10.8. The third kappa shape index (κ3) is 5.70. The average molecular weight is 519 g/mol. The molecule has 0 aliphatic heterocycles. The number of H-pyrrole nitrogens is 1. The number of amides is 2. The maximum absolute atomic E-state index is 13.1. The number of aryl methyl sites for hydroxylation is 1. The first-order valence-electron chi connectivity index (χ1n) is 11.9. The lowest BCUT2D eigenvalue weighted by atomic mass is 10.1. The fraction of sp³-hybridized carbons (Fsp3) is 0.0345. The number of imidazole rings is 1. The van der Waals surface area contributed by atoms with Gasteiger partial charge in [0.2, 0.25) is 5.91 Å². The van der Waals surface area contributed by atoms with Crippen LogP contribution in [0.25, 0.3) is 28.6 Å². The highest BCUT2D eigenvalue weighted by Gasteiger charge is 2.14. The summed E-state index contributed by atoms with van der Waals surface area (Å²) in [6.45, 7) is 1.79. The van der Waals surface area contributed by atoms with Crippen molar-refractivity contribution in [2.45, 2.75) is 6.92 Å². The molecule has 0 aliphatic carbocycles. The lowest BCUT2D eigenvalue weighted by Gasteiger charge is -2.10. The van der Waals surface area contributed by atoms with Crippen LogP contribution in [-0.4, -0.2) is 31.7 Å². The molecule has 0 fully saturated rings. The van der Waals surface area contributed by atoms with Crippen LogP contribution in [0.4, 0.5) is 17.1 Å². The summed E-state index contributed by atoms with van der Waals surface area (Å²) in [6, 6.07) is 22.5. The molecule has 0 unspecified atom stereocenters. The molecule has 0 saturated carbocycles. The van der Waals surface area contributed by atoms with Gasteiger partial charge in [0.1, 0.15) is 11.3 Å². The molecule has 3 N–H and O–H groups in total. The van der Waals surface area contributed by atoms with Crippen molar-refractivity contribution in [3.8, 4) is 11.4 Å². The van der Waals surface area contributed by atoms with Crippen molar-refractivity contribution in [2.24, 2.45) is 0 Å². The predicted octanol–water partition coefficient (Wildman–Crippen LogP) is 5.75. The van der Waals surface area contributed by atoms with Crippen molar-refractivity contribution in [3.63, 3.8) is 0 Å². The van der Waals surface area contributed by atoms with E-state index in [1.807, 2.05) is 30.3 Å². The van der Waals surface area contributed by atoms with Gasteiger partial charge in [-0.3, -0.25) is 19.7 Å². The van der Waals surface area contributed by atoms with E-state index in [4.69, 9.17) is 0 Å². The summed E-state index contributed by atoms with van der Waals surface area (Å²) < 4.78 is 0. The normalized spacial score (nSPS) is 11.0. The molecule has 2 aromatic heterocycles. The Morgan fingerprint density at radius 3 is 2.51 bits per heavy atom. The zero-order valence-corrected chi connectivity index (χ0v) is 20.7. The first-order chi connectivity index (χ1) is 18.9. The van der Waals surface area contributed by atoms with Crippen LogP contribution in [0.3, 0.4) is 0 Å². The summed E-state index contributed by atoms with van der Waals surface area (Å²) in [5, 5.41) is 16.7. The number of nitrogens with one attached hydrogen (secondary N) is 3. The summed E-state index contributed by atoms with van der Waals surface area (Å²) in [5.74, 6) is -0.193. The van der Waals surface area contributed by atoms with E-state index in [0.717, 1.165) is 5.56 Å². The van der Waals surface area contributed by atoms with E-state index in [1.165, 1.54) is 18.2 Å². The number of carbonyl (C=O) groups is 2. The quantitative estimate of drug-likeness (QED) is 0.142. The van der Waals surface area contributed by atoms with Crippen LogP contribution < -0.4 is 10.6 Å². The molecular weight excluding hydrogens is 496 g/mol. The van der Waals surface area contributed by atoms with Gasteiger partial charge in [-0.05, 0) is 42.8 Å². The Morgan fingerprint density at radius 2 is 1.72 bits per heavy atom. The van der Waals surface area contributed by atoms with Crippen molar-refractivity contribution in [1.29, 1.82) is 0 Å². The molecule has 5 rings (SSSR count). The van der Waals surface area contributed by atoms with Crippen molar-refractivity contribution in [1.82, 2.24) is 15.0 Å². The number of carbonyl (C=O) groups excluding carboxylic acids is 2. The SMILES string of the molecule is Cc1ccc(NC(=O)/C=C/c2ccccc2[N+](=O)[O-])cc1C(=O)Nc1cnc2[nH]c(-c3ccccc3)nc2c1. The van der Waals surface area contributed by atoms with E-state index in [-0.39, 0.29) is 11.6 Å². The van der Waals surface area contributed by atoms with Crippen molar-refractivity contribution >= 4 is 46.1 Å². The van der Waals surface area contributed by atoms with Gasteiger partial charge in [-0.1, -0.05) is 48.5 Å². The lowest BCUT2D eigenvalue weighted by Crippen LogP contribution is -2.15. The highest BCUT2D eigenvalue weighted by Crippen LogP contribution is 2.23. The Kier molecular flexibility index (Phi) is 6.91. The number of nitrogens with zero attached hydrogens (tertiary/aromatic N) is 3. The minimum Gasteiger partial charge on any atom is -0.323 e. The van der Waals surface area contributed by atoms with Gasteiger partial charge in [0, 0.05) is 29.0 Å². The van der Waals surface area contributed by atoms with E-state index in [0.29, 0.717) is 45.1 Å². The number of rotatable bonds is 7. The Bertz CT molecular complexity index is 1740. The highest BCUT2D eigenvalue weighted by molar-refractivity contribution is 6.07. The van der Waals surface area contributed by atoms with Gasteiger partial charge in [0.15, 0.2) is 5.65 Å². The number of pyridine rings is 1. The summed E-state index contributed by atoms with van der Waals surface area (Å²) in [6.07, 6.45) is 4.12. The Labute approximate surface area is 222 Å². The monoisotopic (exact) mass is 518 g/mol. The molecule has 2 heterocycles. The fourth-order valence-corrected chi connectivity index (χ4v) is 3.98. The van der Waals surface area contributed by atoms with Gasteiger partial charge in [0.25, 0.3) is 11.6 Å². The van der Waals surface area contributed by atoms with Crippen LogP contribution in [0.1, 0.15) is 21.5 Å². The van der Waals surface area contributed by atoms with Crippen LogP contribution in [0.5, 0.6) is 0 Å². The second-order valence-corrected chi connectivity index (χ2v) is 8.67. The van der Waals surface area contributed by atoms with Gasteiger partial charge in [-0.25, -0.2) is 9.97 Å². The minimum absolute atomic E-state index is 0.102. The molecule has 0 bridgehead atoms. The van der Waals surface area contributed by atoms with E-state index in [1.54, 1.807) is 55.6 Å². The largest absolute Gasteiger partial charge is 0.323 e. The Morgan fingerprint density at radius 1 is 0.949 bits per heavy atom. The highest BCUT2D eigenvalue weighted by atomic mass is 16.6. The molecule has 0 radical (unpaired) electrons. The summed E-state index contributed by atoms with van der Waals surface area (Å²) >= 11 is 0. The molecule has 0 saturated heterocycles. The Hall–Kier alpha value is -5.64. The van der Waals surface area contributed by atoms with Crippen LogP contribution >= 0.6 is 0 Å². The molecule has 0 aliphatic rings.